The van der Waals surface area contributed by atoms with Crippen LogP contribution in [-0.2, 0) is 0 Å². The second-order valence-electron chi connectivity index (χ2n) is 2.00. The lowest BCUT2D eigenvalue weighted by atomic mass is 10.6. The third-order valence-corrected chi connectivity index (χ3v) is 1.51. The highest BCUT2D eigenvalue weighted by molar-refractivity contribution is 5.74. The van der Waals surface area contributed by atoms with Gasteiger partial charge in [0.15, 0.2) is 0 Å². The van der Waals surface area contributed by atoms with Gasteiger partial charge >= 0.3 is 5.96 Å². The minimum absolute atomic E-state index is 0.942. The fourth-order valence-electron chi connectivity index (χ4n) is 0.991. The van der Waals surface area contributed by atoms with Crippen LogP contribution in [0.15, 0.2) is 0 Å². The van der Waals surface area contributed by atoms with Crippen LogP contribution in [0, 0.1) is 0 Å². The van der Waals surface area contributed by atoms with Crippen LogP contribution < -0.4 is 16.6 Å². The number of nitrogens with one attached hydrogen (secondary N) is 2. The molecule has 4 nitrogen and oxygen atoms in total. The van der Waals surface area contributed by atoms with Crippen LogP contribution in [-0.4, -0.2) is 30.2 Å². The lowest BCUT2D eigenvalue weighted by Gasteiger charge is -1.96. The second-order valence-corrected chi connectivity index (χ2v) is 2.00. The molecular weight excluding hydrogens is 116 g/mol. The second kappa shape index (κ2) is 2.68. The highest BCUT2D eigenvalue weighted by Crippen LogP contribution is 1.81. The van der Waals surface area contributed by atoms with E-state index < -0.39 is 0 Å². The molecule has 0 radical (unpaired) electrons. The first kappa shape index (κ1) is 6.35. The number of rotatable bonds is 1. The van der Waals surface area contributed by atoms with Crippen molar-refractivity contribution in [3.8, 4) is 0 Å². The minimum atomic E-state index is 0.942. The third-order valence-electron chi connectivity index (χ3n) is 1.51. The molecule has 4 N–H and O–H groups in total. The summed E-state index contributed by atoms with van der Waals surface area (Å²) >= 11 is 0. The molecule has 0 saturated heterocycles. The first-order valence-electron chi connectivity index (χ1n) is 3.21. The van der Waals surface area contributed by atoms with E-state index in [-0.39, 0.29) is 0 Å². The number of nitrogens with zero attached hydrogens (tertiary/aromatic N) is 1. The third kappa shape index (κ3) is 1.13. The van der Waals surface area contributed by atoms with Crippen LogP contribution >= 0.6 is 0 Å². The van der Waals surface area contributed by atoms with Gasteiger partial charge in [0, 0.05) is 0 Å². The van der Waals surface area contributed by atoms with Gasteiger partial charge in [-0.25, -0.2) is 5.43 Å². The topological polar surface area (TPSA) is 53.1 Å². The predicted octanol–water partition coefficient (Wildman–Crippen LogP) is -1.56. The minimum Gasteiger partial charge on any atom is -0.273 e. The summed E-state index contributed by atoms with van der Waals surface area (Å²) in [6.45, 7) is 5.15. The molecule has 0 saturated carbocycles. The Hall–Kier alpha value is -0.770. The van der Waals surface area contributed by atoms with Crippen molar-refractivity contribution in [1.82, 2.24) is 10.7 Å². The smallest absolute Gasteiger partial charge is 0.273 e. The van der Waals surface area contributed by atoms with Crippen molar-refractivity contribution in [2.45, 2.75) is 6.92 Å². The number of hydrazine groups is 1. The molecular formula is C5H13N4+. The van der Waals surface area contributed by atoms with Gasteiger partial charge in [-0.05, 0) is 6.92 Å². The molecule has 0 unspecified atom stereocenters. The summed E-state index contributed by atoms with van der Waals surface area (Å²) in [6, 6.07) is 0. The number of guanidine groups is 1. The first-order valence-corrected chi connectivity index (χ1v) is 3.21. The van der Waals surface area contributed by atoms with Crippen molar-refractivity contribution < 1.29 is 4.58 Å². The summed E-state index contributed by atoms with van der Waals surface area (Å²) in [6.07, 6.45) is 0. The first-order chi connectivity index (χ1) is 4.38. The Morgan fingerprint density at radius 2 is 2.67 bits per heavy atom. The van der Waals surface area contributed by atoms with Gasteiger partial charge in [-0.2, -0.15) is 5.84 Å². The normalized spacial score (nSPS) is 18.0. The van der Waals surface area contributed by atoms with E-state index in [1.54, 1.807) is 0 Å². The summed E-state index contributed by atoms with van der Waals surface area (Å²) in [5.41, 5.74) is 2.60. The summed E-state index contributed by atoms with van der Waals surface area (Å²) in [4.78, 5) is 0. The fourth-order valence-corrected chi connectivity index (χ4v) is 0.991. The standard InChI is InChI=1S/C5H12N4/c1-2-9-4-3-7-5(9)8-6/h2-4,6H2,1H3,(H,7,8)/p+1. The van der Waals surface area contributed by atoms with Gasteiger partial charge in [0.05, 0.1) is 19.6 Å². The van der Waals surface area contributed by atoms with Gasteiger partial charge in [-0.15, -0.1) is 0 Å². The maximum atomic E-state index is 5.21. The summed E-state index contributed by atoms with van der Waals surface area (Å²) in [7, 11) is 0. The van der Waals surface area contributed by atoms with Crippen LogP contribution in [0.25, 0.3) is 0 Å². The maximum Gasteiger partial charge on any atom is 0.362 e. The molecule has 0 atom stereocenters. The predicted molar refractivity (Wildman–Crippen MR) is 36.0 cm³/mol. The van der Waals surface area contributed by atoms with Gasteiger partial charge in [0.1, 0.15) is 0 Å². The zero-order valence-corrected chi connectivity index (χ0v) is 5.65. The van der Waals surface area contributed by atoms with Crippen molar-refractivity contribution >= 4 is 5.96 Å². The van der Waals surface area contributed by atoms with Gasteiger partial charge in [0.25, 0.3) is 0 Å². The lowest BCUT2D eigenvalue weighted by molar-refractivity contribution is -0.516. The molecule has 0 aromatic rings. The van der Waals surface area contributed by atoms with Gasteiger partial charge in [0.2, 0.25) is 0 Å². The van der Waals surface area contributed by atoms with E-state index in [1.165, 1.54) is 0 Å². The molecule has 0 aromatic carbocycles. The summed E-state index contributed by atoms with van der Waals surface area (Å²) < 4.78 is 2.15. The Bertz CT molecular complexity index is 115. The molecule has 0 spiro atoms. The molecule has 1 heterocycles. The fraction of sp³-hybridized carbons (Fsp3) is 0.800. The molecule has 4 heteroatoms. The maximum absolute atomic E-state index is 5.21. The van der Waals surface area contributed by atoms with E-state index in [0.717, 1.165) is 25.6 Å². The molecule has 52 valence electrons. The molecule has 1 aliphatic rings. The van der Waals surface area contributed by atoms with Crippen LogP contribution in [0.4, 0.5) is 0 Å². The number of hydrogen-bond donors (Lipinski definition) is 3. The molecule has 1 rings (SSSR count). The zero-order chi connectivity index (χ0) is 6.69. The van der Waals surface area contributed by atoms with Crippen molar-refractivity contribution in [1.29, 1.82) is 0 Å². The van der Waals surface area contributed by atoms with E-state index in [4.69, 9.17) is 5.84 Å². The highest BCUT2D eigenvalue weighted by atomic mass is 15.4. The van der Waals surface area contributed by atoms with Crippen LogP contribution in [0.2, 0.25) is 0 Å². The number of likely N-dealkylation sites (N-methyl/N-ethyl adjacent to an activating group) is 1. The Labute approximate surface area is 54.7 Å². The average Bonchev–Trinajstić information content (AvgIpc) is 2.33. The number of nitrogens with two attached hydrogens (primary N) is 1. The Morgan fingerprint density at radius 1 is 1.89 bits per heavy atom. The Morgan fingerprint density at radius 3 is 3.11 bits per heavy atom. The number of hydrogen-bond acceptors (Lipinski definition) is 3. The monoisotopic (exact) mass is 129 g/mol. The van der Waals surface area contributed by atoms with E-state index in [2.05, 4.69) is 22.2 Å². The molecule has 9 heavy (non-hydrogen) atoms. The van der Waals surface area contributed by atoms with E-state index in [1.807, 2.05) is 0 Å². The van der Waals surface area contributed by atoms with Gasteiger partial charge in [-0.3, -0.25) is 9.89 Å². The Balaban J connectivity index is 2.59. The quantitative estimate of drug-likeness (QED) is 0.228. The molecule has 0 amide bonds. The van der Waals surface area contributed by atoms with Gasteiger partial charge in [-0.1, -0.05) is 0 Å². The molecule has 0 aliphatic carbocycles. The van der Waals surface area contributed by atoms with E-state index in [9.17, 15) is 0 Å². The summed E-state index contributed by atoms with van der Waals surface area (Å²) in [5, 5.41) is 3.11. The molecule has 0 bridgehead atoms. The summed E-state index contributed by atoms with van der Waals surface area (Å²) in [5.74, 6) is 6.15. The van der Waals surface area contributed by atoms with Crippen LogP contribution in [0.1, 0.15) is 6.92 Å². The SMILES string of the molecule is CC[N+]1=C(NN)NCC1. The molecule has 1 aliphatic heterocycles. The van der Waals surface area contributed by atoms with Crippen molar-refractivity contribution in [2.75, 3.05) is 19.6 Å². The largest absolute Gasteiger partial charge is 0.362 e. The van der Waals surface area contributed by atoms with Crippen molar-refractivity contribution in [3.63, 3.8) is 0 Å². The molecule has 0 fully saturated rings. The average molecular weight is 129 g/mol. The zero-order valence-electron chi connectivity index (χ0n) is 5.65. The lowest BCUT2D eigenvalue weighted by Crippen LogP contribution is -2.42. The van der Waals surface area contributed by atoms with Crippen molar-refractivity contribution in [3.05, 3.63) is 0 Å². The van der Waals surface area contributed by atoms with E-state index in [0.29, 0.717) is 0 Å². The van der Waals surface area contributed by atoms with E-state index >= 15 is 0 Å². The Kier molecular flexibility index (Phi) is 1.89. The van der Waals surface area contributed by atoms with Crippen molar-refractivity contribution in [2.24, 2.45) is 5.84 Å². The van der Waals surface area contributed by atoms with Crippen LogP contribution in [0.3, 0.4) is 0 Å². The van der Waals surface area contributed by atoms with Crippen LogP contribution in [0.5, 0.6) is 0 Å². The van der Waals surface area contributed by atoms with Gasteiger partial charge < -0.3 is 0 Å². The molecule has 0 aromatic heterocycles. The highest BCUT2D eigenvalue weighted by Gasteiger charge is 2.15.